The summed E-state index contributed by atoms with van der Waals surface area (Å²) in [7, 11) is 3.32. The van der Waals surface area contributed by atoms with Crippen LogP contribution >= 0.6 is 0 Å². The number of nitrogens with zero attached hydrogens (tertiary/aromatic N) is 2. The Labute approximate surface area is 121 Å². The Balaban J connectivity index is 1.93. The maximum atomic E-state index is 5.35. The van der Waals surface area contributed by atoms with Crippen LogP contribution in [-0.2, 0) is 6.54 Å². The van der Waals surface area contributed by atoms with Crippen LogP contribution in [-0.4, -0.2) is 56.7 Å². The van der Waals surface area contributed by atoms with Crippen molar-refractivity contribution in [2.24, 2.45) is 0 Å². The van der Waals surface area contributed by atoms with Gasteiger partial charge in [-0.2, -0.15) is 0 Å². The molecule has 0 radical (unpaired) electrons. The zero-order chi connectivity index (χ0) is 14.4. The lowest BCUT2D eigenvalue weighted by molar-refractivity contribution is 0.138. The molecule has 1 fully saturated rings. The standard InChI is InChI=1S/C16H22N2O2/c1-4-7-17-8-10-18(11-9-17)13-14-5-6-15(19-2)16(12-14)20-3/h1,5-6,12H,7-11,13H2,2-3H3. The van der Waals surface area contributed by atoms with E-state index in [4.69, 9.17) is 15.9 Å². The summed E-state index contributed by atoms with van der Waals surface area (Å²) < 4.78 is 10.6. The van der Waals surface area contributed by atoms with E-state index < -0.39 is 0 Å². The number of terminal acetylenes is 1. The van der Waals surface area contributed by atoms with Crippen molar-refractivity contribution < 1.29 is 9.47 Å². The van der Waals surface area contributed by atoms with Gasteiger partial charge in [0.25, 0.3) is 0 Å². The lowest BCUT2D eigenvalue weighted by Gasteiger charge is -2.33. The number of piperazine rings is 1. The molecule has 0 aromatic heterocycles. The average molecular weight is 274 g/mol. The van der Waals surface area contributed by atoms with Crippen LogP contribution in [0.4, 0.5) is 0 Å². The van der Waals surface area contributed by atoms with Gasteiger partial charge >= 0.3 is 0 Å². The normalized spacial score (nSPS) is 16.6. The SMILES string of the molecule is C#CCN1CCN(Cc2ccc(OC)c(OC)c2)CC1. The molecule has 1 aliphatic heterocycles. The van der Waals surface area contributed by atoms with Crippen molar-refractivity contribution in [3.63, 3.8) is 0 Å². The fraction of sp³-hybridized carbons (Fsp3) is 0.500. The average Bonchev–Trinajstić information content (AvgIpc) is 2.49. The molecule has 0 unspecified atom stereocenters. The van der Waals surface area contributed by atoms with Gasteiger partial charge in [-0.1, -0.05) is 12.0 Å². The van der Waals surface area contributed by atoms with Gasteiger partial charge in [-0.05, 0) is 17.7 Å². The topological polar surface area (TPSA) is 24.9 Å². The molecule has 0 atom stereocenters. The third-order valence-electron chi connectivity index (χ3n) is 3.63. The van der Waals surface area contributed by atoms with Gasteiger partial charge < -0.3 is 9.47 Å². The predicted octanol–water partition coefficient (Wildman–Crippen LogP) is 1.45. The second-order valence-corrected chi connectivity index (χ2v) is 4.95. The zero-order valence-electron chi connectivity index (χ0n) is 12.3. The van der Waals surface area contributed by atoms with Gasteiger partial charge in [-0.25, -0.2) is 0 Å². The second-order valence-electron chi connectivity index (χ2n) is 4.95. The van der Waals surface area contributed by atoms with Crippen molar-refractivity contribution in [3.05, 3.63) is 23.8 Å². The molecule has 1 aromatic carbocycles. The molecule has 1 aromatic rings. The first-order valence-electron chi connectivity index (χ1n) is 6.86. The molecule has 1 heterocycles. The number of methoxy groups -OCH3 is 2. The number of benzene rings is 1. The molecule has 1 saturated heterocycles. The molecule has 0 amide bonds. The van der Waals surface area contributed by atoms with Gasteiger partial charge in [-0.15, -0.1) is 6.42 Å². The summed E-state index contributed by atoms with van der Waals surface area (Å²) in [4.78, 5) is 4.75. The Morgan fingerprint density at radius 2 is 1.70 bits per heavy atom. The molecule has 0 N–H and O–H groups in total. The summed E-state index contributed by atoms with van der Waals surface area (Å²) in [6.07, 6.45) is 5.35. The van der Waals surface area contributed by atoms with Crippen molar-refractivity contribution in [1.29, 1.82) is 0 Å². The maximum absolute atomic E-state index is 5.35. The summed E-state index contributed by atoms with van der Waals surface area (Å²) >= 11 is 0. The quantitative estimate of drug-likeness (QED) is 0.759. The first kappa shape index (κ1) is 14.7. The Morgan fingerprint density at radius 1 is 1.05 bits per heavy atom. The first-order valence-corrected chi connectivity index (χ1v) is 6.86. The van der Waals surface area contributed by atoms with E-state index in [-0.39, 0.29) is 0 Å². The van der Waals surface area contributed by atoms with Crippen molar-refractivity contribution in [1.82, 2.24) is 9.80 Å². The van der Waals surface area contributed by atoms with Gasteiger partial charge in [0.2, 0.25) is 0 Å². The molecule has 0 spiro atoms. The first-order chi connectivity index (χ1) is 9.76. The molecule has 108 valence electrons. The van der Waals surface area contributed by atoms with Crippen LogP contribution in [0.1, 0.15) is 5.56 Å². The van der Waals surface area contributed by atoms with Crippen LogP contribution in [0.5, 0.6) is 11.5 Å². The lowest BCUT2D eigenvalue weighted by Crippen LogP contribution is -2.45. The molecule has 4 nitrogen and oxygen atoms in total. The summed E-state index contributed by atoms with van der Waals surface area (Å²) in [6, 6.07) is 6.10. The molecule has 0 saturated carbocycles. The number of hydrogen-bond donors (Lipinski definition) is 0. The minimum absolute atomic E-state index is 0.754. The van der Waals surface area contributed by atoms with Crippen LogP contribution in [0.3, 0.4) is 0 Å². The molecule has 0 bridgehead atoms. The number of hydrogen-bond acceptors (Lipinski definition) is 4. The molecule has 4 heteroatoms. The predicted molar refractivity (Wildman–Crippen MR) is 80.1 cm³/mol. The van der Waals surface area contributed by atoms with Gasteiger partial charge in [0.15, 0.2) is 11.5 Å². The highest BCUT2D eigenvalue weighted by atomic mass is 16.5. The molecule has 0 aliphatic carbocycles. The lowest BCUT2D eigenvalue weighted by atomic mass is 10.1. The third-order valence-corrected chi connectivity index (χ3v) is 3.63. The number of rotatable bonds is 5. The summed E-state index contributed by atoms with van der Waals surface area (Å²) in [5.74, 6) is 4.27. The van der Waals surface area contributed by atoms with Gasteiger partial charge in [0.1, 0.15) is 0 Å². The van der Waals surface area contributed by atoms with E-state index in [1.807, 2.05) is 12.1 Å². The van der Waals surface area contributed by atoms with E-state index in [0.717, 1.165) is 50.8 Å². The smallest absolute Gasteiger partial charge is 0.161 e. The fourth-order valence-corrected chi connectivity index (χ4v) is 2.47. The molecule has 1 aliphatic rings. The van der Waals surface area contributed by atoms with Crippen LogP contribution in [0, 0.1) is 12.3 Å². The van der Waals surface area contributed by atoms with Gasteiger partial charge in [0, 0.05) is 32.7 Å². The Hall–Kier alpha value is -1.70. The van der Waals surface area contributed by atoms with E-state index in [1.165, 1.54) is 5.56 Å². The van der Waals surface area contributed by atoms with Crippen LogP contribution in [0.15, 0.2) is 18.2 Å². The Morgan fingerprint density at radius 3 is 2.30 bits per heavy atom. The van der Waals surface area contributed by atoms with Gasteiger partial charge in [-0.3, -0.25) is 9.80 Å². The molecular formula is C16H22N2O2. The van der Waals surface area contributed by atoms with Crippen molar-refractivity contribution >= 4 is 0 Å². The van der Waals surface area contributed by atoms with E-state index in [0.29, 0.717) is 0 Å². The van der Waals surface area contributed by atoms with Crippen molar-refractivity contribution in [3.8, 4) is 23.8 Å². The van der Waals surface area contributed by atoms with Gasteiger partial charge in [0.05, 0.1) is 20.8 Å². The molecule has 20 heavy (non-hydrogen) atoms. The second kappa shape index (κ2) is 7.18. The van der Waals surface area contributed by atoms with E-state index >= 15 is 0 Å². The third kappa shape index (κ3) is 3.66. The molecule has 2 rings (SSSR count). The van der Waals surface area contributed by atoms with Crippen molar-refractivity contribution in [2.75, 3.05) is 46.9 Å². The van der Waals surface area contributed by atoms with Crippen LogP contribution in [0.2, 0.25) is 0 Å². The minimum Gasteiger partial charge on any atom is -0.493 e. The van der Waals surface area contributed by atoms with E-state index in [1.54, 1.807) is 14.2 Å². The van der Waals surface area contributed by atoms with E-state index in [9.17, 15) is 0 Å². The van der Waals surface area contributed by atoms with E-state index in [2.05, 4.69) is 21.8 Å². The summed E-state index contributed by atoms with van der Waals surface area (Å²) in [6.45, 7) is 5.87. The highest BCUT2D eigenvalue weighted by Gasteiger charge is 2.16. The summed E-state index contributed by atoms with van der Waals surface area (Å²) in [5.41, 5.74) is 1.24. The number of ether oxygens (including phenoxy) is 2. The highest BCUT2D eigenvalue weighted by Crippen LogP contribution is 2.28. The summed E-state index contributed by atoms with van der Waals surface area (Å²) in [5, 5.41) is 0. The molecular weight excluding hydrogens is 252 g/mol. The monoisotopic (exact) mass is 274 g/mol. The van der Waals surface area contributed by atoms with Crippen LogP contribution < -0.4 is 9.47 Å². The van der Waals surface area contributed by atoms with Crippen LogP contribution in [0.25, 0.3) is 0 Å². The Bertz CT molecular complexity index is 474. The fourth-order valence-electron chi connectivity index (χ4n) is 2.47. The highest BCUT2D eigenvalue weighted by molar-refractivity contribution is 5.42. The minimum atomic E-state index is 0.754. The Kier molecular flexibility index (Phi) is 5.28. The van der Waals surface area contributed by atoms with Crippen molar-refractivity contribution in [2.45, 2.75) is 6.54 Å². The maximum Gasteiger partial charge on any atom is 0.161 e. The largest absolute Gasteiger partial charge is 0.493 e. The zero-order valence-corrected chi connectivity index (χ0v) is 12.3.